The van der Waals surface area contributed by atoms with Crippen LogP contribution in [-0.2, 0) is 20.1 Å². The SMILES string of the molecule is Cn1ncc(I)c1N1Cc2ccccc2C1. The van der Waals surface area contributed by atoms with Crippen molar-refractivity contribution >= 4 is 28.4 Å². The van der Waals surface area contributed by atoms with Gasteiger partial charge < -0.3 is 4.90 Å². The van der Waals surface area contributed by atoms with Crippen LogP contribution in [0.25, 0.3) is 0 Å². The third-order valence-corrected chi connectivity index (χ3v) is 3.77. The molecule has 0 bridgehead atoms. The summed E-state index contributed by atoms with van der Waals surface area (Å²) in [5, 5.41) is 4.29. The van der Waals surface area contributed by atoms with Crippen molar-refractivity contribution in [3.63, 3.8) is 0 Å². The molecule has 2 heterocycles. The van der Waals surface area contributed by atoms with Crippen LogP contribution < -0.4 is 4.90 Å². The lowest BCUT2D eigenvalue weighted by Crippen LogP contribution is -2.18. The van der Waals surface area contributed by atoms with E-state index in [-0.39, 0.29) is 0 Å². The topological polar surface area (TPSA) is 21.1 Å². The van der Waals surface area contributed by atoms with Crippen molar-refractivity contribution in [2.75, 3.05) is 4.90 Å². The Balaban J connectivity index is 1.97. The van der Waals surface area contributed by atoms with Crippen LogP contribution in [0, 0.1) is 3.57 Å². The van der Waals surface area contributed by atoms with E-state index in [1.807, 2.05) is 17.9 Å². The van der Waals surface area contributed by atoms with Gasteiger partial charge in [0.15, 0.2) is 0 Å². The summed E-state index contributed by atoms with van der Waals surface area (Å²) in [5.41, 5.74) is 2.86. The molecule has 1 aromatic carbocycles. The lowest BCUT2D eigenvalue weighted by atomic mass is 10.1. The smallest absolute Gasteiger partial charge is 0.140 e. The molecule has 0 saturated carbocycles. The summed E-state index contributed by atoms with van der Waals surface area (Å²) in [6.07, 6.45) is 1.92. The van der Waals surface area contributed by atoms with Crippen molar-refractivity contribution in [2.24, 2.45) is 7.05 Å². The summed E-state index contributed by atoms with van der Waals surface area (Å²) in [6.45, 7) is 1.98. The van der Waals surface area contributed by atoms with E-state index in [2.05, 4.69) is 56.9 Å². The van der Waals surface area contributed by atoms with E-state index in [9.17, 15) is 0 Å². The van der Waals surface area contributed by atoms with Crippen molar-refractivity contribution in [1.29, 1.82) is 0 Å². The summed E-state index contributed by atoms with van der Waals surface area (Å²) in [6, 6.07) is 8.63. The van der Waals surface area contributed by atoms with E-state index in [4.69, 9.17) is 0 Å². The van der Waals surface area contributed by atoms with Crippen LogP contribution in [0.2, 0.25) is 0 Å². The van der Waals surface area contributed by atoms with Gasteiger partial charge in [-0.1, -0.05) is 24.3 Å². The third kappa shape index (κ3) is 1.52. The molecule has 0 amide bonds. The Hall–Kier alpha value is -1.04. The van der Waals surface area contributed by atoms with E-state index >= 15 is 0 Å². The quantitative estimate of drug-likeness (QED) is 0.752. The standard InChI is InChI=1S/C12H12IN3/c1-15-12(11(13)6-14-15)16-7-9-4-2-3-5-10(9)8-16/h2-6H,7-8H2,1H3. The largest absolute Gasteiger partial charge is 0.347 e. The number of fused-ring (bicyclic) bond motifs is 1. The highest BCUT2D eigenvalue weighted by Crippen LogP contribution is 2.30. The monoisotopic (exact) mass is 325 g/mol. The summed E-state index contributed by atoms with van der Waals surface area (Å²) in [7, 11) is 2.00. The first-order valence-corrected chi connectivity index (χ1v) is 6.33. The molecular formula is C12H12IN3. The molecule has 0 radical (unpaired) electrons. The molecule has 0 saturated heterocycles. The second-order valence-corrected chi connectivity index (χ2v) is 5.23. The van der Waals surface area contributed by atoms with Crippen LogP contribution in [-0.4, -0.2) is 9.78 Å². The predicted octanol–water partition coefficient (Wildman–Crippen LogP) is 2.54. The van der Waals surface area contributed by atoms with Crippen molar-refractivity contribution < 1.29 is 0 Å². The number of aryl methyl sites for hydroxylation is 1. The lowest BCUT2D eigenvalue weighted by Gasteiger charge is -2.18. The molecule has 0 atom stereocenters. The van der Waals surface area contributed by atoms with Gasteiger partial charge in [-0.15, -0.1) is 0 Å². The molecule has 3 nitrogen and oxygen atoms in total. The zero-order valence-electron chi connectivity index (χ0n) is 9.02. The molecule has 0 unspecified atom stereocenters. The predicted molar refractivity (Wildman–Crippen MR) is 72.3 cm³/mol. The van der Waals surface area contributed by atoms with Crippen molar-refractivity contribution in [1.82, 2.24) is 9.78 Å². The van der Waals surface area contributed by atoms with Crippen LogP contribution in [0.4, 0.5) is 5.82 Å². The van der Waals surface area contributed by atoms with Gasteiger partial charge in [-0.2, -0.15) is 5.10 Å². The zero-order valence-corrected chi connectivity index (χ0v) is 11.2. The summed E-state index contributed by atoms with van der Waals surface area (Å²) < 4.78 is 3.17. The molecule has 4 heteroatoms. The molecule has 3 rings (SSSR count). The highest BCUT2D eigenvalue weighted by Gasteiger charge is 2.22. The first-order valence-electron chi connectivity index (χ1n) is 5.25. The van der Waals surface area contributed by atoms with Gasteiger partial charge in [-0.25, -0.2) is 0 Å². The maximum absolute atomic E-state index is 4.29. The zero-order chi connectivity index (χ0) is 11.1. The highest BCUT2D eigenvalue weighted by molar-refractivity contribution is 14.1. The first-order chi connectivity index (χ1) is 7.75. The van der Waals surface area contributed by atoms with E-state index in [0.717, 1.165) is 13.1 Å². The van der Waals surface area contributed by atoms with Gasteiger partial charge in [0.05, 0.1) is 9.77 Å². The maximum Gasteiger partial charge on any atom is 0.140 e. The number of benzene rings is 1. The van der Waals surface area contributed by atoms with Crippen molar-refractivity contribution in [3.05, 3.63) is 45.2 Å². The normalized spacial score (nSPS) is 14.2. The number of anilines is 1. The Morgan fingerprint density at radius 2 is 1.81 bits per heavy atom. The van der Waals surface area contributed by atoms with E-state index in [1.54, 1.807) is 0 Å². The highest BCUT2D eigenvalue weighted by atomic mass is 127. The fourth-order valence-electron chi connectivity index (χ4n) is 2.24. The lowest BCUT2D eigenvalue weighted by molar-refractivity contribution is 0.720. The van der Waals surface area contributed by atoms with Crippen LogP contribution in [0.15, 0.2) is 30.5 Å². The Morgan fingerprint density at radius 1 is 1.19 bits per heavy atom. The number of aromatic nitrogens is 2. The number of nitrogens with zero attached hydrogens (tertiary/aromatic N) is 3. The minimum Gasteiger partial charge on any atom is -0.347 e. The second-order valence-electron chi connectivity index (χ2n) is 4.06. The van der Waals surface area contributed by atoms with Crippen LogP contribution in [0.1, 0.15) is 11.1 Å². The van der Waals surface area contributed by atoms with Crippen LogP contribution in [0.5, 0.6) is 0 Å². The summed E-state index contributed by atoms with van der Waals surface area (Å²) >= 11 is 2.35. The molecule has 1 aliphatic heterocycles. The molecule has 82 valence electrons. The van der Waals surface area contributed by atoms with Crippen molar-refractivity contribution in [3.8, 4) is 0 Å². The Labute approximate surface area is 108 Å². The minimum atomic E-state index is 0.992. The average Bonchev–Trinajstić information content (AvgIpc) is 2.82. The molecule has 0 fully saturated rings. The third-order valence-electron chi connectivity index (χ3n) is 3.00. The fraction of sp³-hybridized carbons (Fsp3) is 0.250. The van der Waals surface area contributed by atoms with E-state index < -0.39 is 0 Å². The number of hydrogen-bond donors (Lipinski definition) is 0. The summed E-state index contributed by atoms with van der Waals surface area (Å²) in [5.74, 6) is 1.22. The molecule has 16 heavy (non-hydrogen) atoms. The summed E-state index contributed by atoms with van der Waals surface area (Å²) in [4.78, 5) is 2.37. The van der Waals surface area contributed by atoms with E-state index in [0.29, 0.717) is 0 Å². The fourth-order valence-corrected chi connectivity index (χ4v) is 3.06. The molecule has 1 aliphatic rings. The first kappa shape index (κ1) is 10.1. The van der Waals surface area contributed by atoms with Gasteiger partial charge >= 0.3 is 0 Å². The van der Waals surface area contributed by atoms with Gasteiger partial charge in [0.2, 0.25) is 0 Å². The van der Waals surface area contributed by atoms with Gasteiger partial charge in [0, 0.05) is 20.1 Å². The van der Waals surface area contributed by atoms with Crippen LogP contribution in [0.3, 0.4) is 0 Å². The molecule has 0 spiro atoms. The molecular weight excluding hydrogens is 313 g/mol. The Kier molecular flexibility index (Phi) is 2.38. The Morgan fingerprint density at radius 3 is 2.31 bits per heavy atom. The van der Waals surface area contributed by atoms with E-state index in [1.165, 1.54) is 20.5 Å². The van der Waals surface area contributed by atoms with Crippen molar-refractivity contribution in [2.45, 2.75) is 13.1 Å². The average molecular weight is 325 g/mol. The number of halogens is 1. The van der Waals surface area contributed by atoms with Crippen LogP contribution >= 0.6 is 22.6 Å². The number of rotatable bonds is 1. The maximum atomic E-state index is 4.29. The molecule has 0 aliphatic carbocycles. The molecule has 0 N–H and O–H groups in total. The minimum absolute atomic E-state index is 0.992. The Bertz CT molecular complexity index is 488. The molecule has 2 aromatic rings. The van der Waals surface area contributed by atoms with Gasteiger partial charge in [-0.05, 0) is 33.7 Å². The number of hydrogen-bond acceptors (Lipinski definition) is 2. The van der Waals surface area contributed by atoms with Gasteiger partial charge in [-0.3, -0.25) is 4.68 Å². The second kappa shape index (κ2) is 3.76. The van der Waals surface area contributed by atoms with Gasteiger partial charge in [0.25, 0.3) is 0 Å². The van der Waals surface area contributed by atoms with Gasteiger partial charge in [0.1, 0.15) is 5.82 Å². The molecule has 1 aromatic heterocycles.